The molecule has 0 aromatic heterocycles. The van der Waals surface area contributed by atoms with Gasteiger partial charge in [0.05, 0.1) is 31.9 Å². The van der Waals surface area contributed by atoms with Gasteiger partial charge in [0.15, 0.2) is 11.5 Å². The first kappa shape index (κ1) is 32.0. The second-order valence-electron chi connectivity index (χ2n) is 10.2. The monoisotopic (exact) mass is 566 g/mol. The van der Waals surface area contributed by atoms with Crippen LogP contribution in [0, 0.1) is 0 Å². The highest BCUT2D eigenvalue weighted by Gasteiger charge is 2.46. The fourth-order valence-electron chi connectivity index (χ4n) is 4.96. The quantitative estimate of drug-likeness (QED) is 0.105. The fourth-order valence-corrected chi connectivity index (χ4v) is 4.96. The summed E-state index contributed by atoms with van der Waals surface area (Å²) in [5.74, 6) is 0.287. The van der Waals surface area contributed by atoms with Crippen LogP contribution in [-0.4, -0.2) is 73.1 Å². The number of methoxy groups -OCH3 is 1. The predicted molar refractivity (Wildman–Crippen MR) is 162 cm³/mol. The Balaban J connectivity index is 2.01. The van der Waals surface area contributed by atoms with Crippen LogP contribution in [0.3, 0.4) is 0 Å². The number of aliphatic hydroxyl groups excluding tert-OH is 1. The van der Waals surface area contributed by atoms with Gasteiger partial charge in [-0.2, -0.15) is 0 Å². The van der Waals surface area contributed by atoms with Gasteiger partial charge in [0, 0.05) is 12.1 Å². The third-order valence-electron chi connectivity index (χ3n) is 7.46. The maximum atomic E-state index is 13.5. The molecule has 1 atom stereocenters. The number of likely N-dealkylation sites (tertiary alicyclic amines) is 1. The Morgan fingerprint density at radius 3 is 2.15 bits per heavy atom. The molecule has 8 nitrogen and oxygen atoms in total. The average Bonchev–Trinajstić information content (AvgIpc) is 3.24. The lowest BCUT2D eigenvalue weighted by molar-refractivity contribution is -0.140. The molecule has 1 fully saturated rings. The number of rotatable bonds is 17. The molecule has 1 heterocycles. The molecule has 224 valence electrons. The van der Waals surface area contributed by atoms with Crippen LogP contribution in [0.15, 0.2) is 48.0 Å². The van der Waals surface area contributed by atoms with Gasteiger partial charge in [-0.25, -0.2) is 0 Å². The van der Waals surface area contributed by atoms with Crippen molar-refractivity contribution in [2.75, 3.05) is 46.5 Å². The zero-order valence-corrected chi connectivity index (χ0v) is 25.3. The van der Waals surface area contributed by atoms with Gasteiger partial charge in [-0.05, 0) is 80.9 Å². The highest BCUT2D eigenvalue weighted by Crippen LogP contribution is 2.42. The number of hydrogen-bond donors (Lipinski definition) is 1. The molecule has 0 aliphatic carbocycles. The Morgan fingerprint density at radius 2 is 1.54 bits per heavy atom. The van der Waals surface area contributed by atoms with Crippen molar-refractivity contribution >= 4 is 17.4 Å². The molecule has 0 bridgehead atoms. The molecule has 0 radical (unpaired) electrons. The van der Waals surface area contributed by atoms with Gasteiger partial charge in [0.25, 0.3) is 11.7 Å². The maximum absolute atomic E-state index is 13.5. The van der Waals surface area contributed by atoms with Crippen molar-refractivity contribution in [1.29, 1.82) is 0 Å². The molecular formula is C33H46N2O6. The van der Waals surface area contributed by atoms with Crippen LogP contribution in [0.5, 0.6) is 17.2 Å². The number of aliphatic hydroxyl groups is 1. The van der Waals surface area contributed by atoms with E-state index in [0.717, 1.165) is 45.3 Å². The lowest BCUT2D eigenvalue weighted by atomic mass is 9.95. The Morgan fingerprint density at radius 1 is 0.878 bits per heavy atom. The fraction of sp³-hybridized carbons (Fsp3) is 0.515. The van der Waals surface area contributed by atoms with Crippen molar-refractivity contribution in [2.24, 2.45) is 0 Å². The summed E-state index contributed by atoms with van der Waals surface area (Å²) in [5, 5.41) is 11.5. The van der Waals surface area contributed by atoms with Crippen LogP contribution in [0.25, 0.3) is 5.76 Å². The molecule has 8 heteroatoms. The lowest BCUT2D eigenvalue weighted by Gasteiger charge is -2.27. The number of amides is 1. The van der Waals surface area contributed by atoms with E-state index in [1.165, 1.54) is 0 Å². The summed E-state index contributed by atoms with van der Waals surface area (Å²) in [5.41, 5.74) is 1.19. The van der Waals surface area contributed by atoms with Crippen LogP contribution in [-0.2, 0) is 9.59 Å². The number of ether oxygens (including phenoxy) is 3. The molecule has 2 aromatic carbocycles. The van der Waals surface area contributed by atoms with Crippen LogP contribution >= 0.6 is 0 Å². The van der Waals surface area contributed by atoms with Crippen LogP contribution in [0.1, 0.15) is 77.0 Å². The van der Waals surface area contributed by atoms with E-state index in [1.54, 1.807) is 42.3 Å². The first-order chi connectivity index (χ1) is 19.9. The number of carbonyl (C=O) groups is 2. The van der Waals surface area contributed by atoms with Crippen LogP contribution < -0.4 is 14.2 Å². The topological polar surface area (TPSA) is 88.5 Å². The predicted octanol–water partition coefficient (Wildman–Crippen LogP) is 6.21. The molecule has 1 aliphatic rings. The van der Waals surface area contributed by atoms with Crippen molar-refractivity contribution in [3.8, 4) is 17.2 Å². The Hall–Kier alpha value is -3.52. The summed E-state index contributed by atoms with van der Waals surface area (Å²) in [4.78, 5) is 30.7. The first-order valence-electron chi connectivity index (χ1n) is 14.9. The minimum atomic E-state index is -0.759. The summed E-state index contributed by atoms with van der Waals surface area (Å²) in [6.45, 7) is 12.6. The molecule has 41 heavy (non-hydrogen) atoms. The van der Waals surface area contributed by atoms with E-state index in [1.807, 2.05) is 12.1 Å². The van der Waals surface area contributed by atoms with Crippen molar-refractivity contribution in [2.45, 2.75) is 65.8 Å². The second kappa shape index (κ2) is 16.1. The van der Waals surface area contributed by atoms with E-state index < -0.39 is 17.7 Å². The third-order valence-corrected chi connectivity index (χ3v) is 7.46. The number of carbonyl (C=O) groups excluding carboxylic acids is 2. The number of benzene rings is 2. The number of Topliss-reactive ketones (excluding diaryl/α,β-unsaturated/α-hetero) is 1. The zero-order chi connectivity index (χ0) is 29.8. The normalized spacial score (nSPS) is 16.4. The first-order valence-corrected chi connectivity index (χ1v) is 14.9. The van der Waals surface area contributed by atoms with E-state index in [-0.39, 0.29) is 11.3 Å². The minimum Gasteiger partial charge on any atom is -0.507 e. The van der Waals surface area contributed by atoms with E-state index in [9.17, 15) is 14.7 Å². The summed E-state index contributed by atoms with van der Waals surface area (Å²) in [7, 11) is 1.57. The minimum absolute atomic E-state index is 0.0687. The summed E-state index contributed by atoms with van der Waals surface area (Å²) >= 11 is 0. The van der Waals surface area contributed by atoms with E-state index in [4.69, 9.17) is 14.2 Å². The molecule has 1 amide bonds. The van der Waals surface area contributed by atoms with E-state index in [0.29, 0.717) is 54.6 Å². The van der Waals surface area contributed by atoms with E-state index in [2.05, 4.69) is 32.6 Å². The van der Waals surface area contributed by atoms with Crippen molar-refractivity contribution < 1.29 is 28.9 Å². The Kier molecular flexibility index (Phi) is 12.5. The van der Waals surface area contributed by atoms with E-state index >= 15 is 0 Å². The Bertz CT molecular complexity index is 1170. The SMILES string of the molecule is CCCCOc1ccc(C(O)=C2C(=O)C(=O)N(CCCN(CC)CC)[C@@H]2c2ccc(OCCCC)c(OC)c2)cc1. The van der Waals surface area contributed by atoms with Gasteiger partial charge in [0.1, 0.15) is 11.5 Å². The average molecular weight is 567 g/mol. The second-order valence-corrected chi connectivity index (χ2v) is 10.2. The molecule has 1 aliphatic heterocycles. The Labute approximate surface area is 244 Å². The summed E-state index contributed by atoms with van der Waals surface area (Å²) in [6.07, 6.45) is 4.61. The largest absolute Gasteiger partial charge is 0.507 e. The van der Waals surface area contributed by atoms with Gasteiger partial charge in [-0.15, -0.1) is 0 Å². The summed E-state index contributed by atoms with van der Waals surface area (Å²) in [6, 6.07) is 11.7. The van der Waals surface area contributed by atoms with Gasteiger partial charge in [-0.3, -0.25) is 9.59 Å². The molecule has 1 N–H and O–H groups in total. The third kappa shape index (κ3) is 8.03. The van der Waals surface area contributed by atoms with Gasteiger partial charge in [0.2, 0.25) is 0 Å². The number of ketones is 1. The zero-order valence-electron chi connectivity index (χ0n) is 25.3. The van der Waals surface area contributed by atoms with Gasteiger partial charge < -0.3 is 29.1 Å². The molecule has 0 unspecified atom stereocenters. The van der Waals surface area contributed by atoms with Crippen molar-refractivity contribution in [3.05, 3.63) is 59.2 Å². The molecule has 0 saturated carbocycles. The molecular weight excluding hydrogens is 520 g/mol. The smallest absolute Gasteiger partial charge is 0.295 e. The van der Waals surface area contributed by atoms with Crippen molar-refractivity contribution in [1.82, 2.24) is 9.80 Å². The molecule has 3 rings (SSSR count). The number of unbranched alkanes of at least 4 members (excludes halogenated alkanes) is 2. The molecule has 2 aromatic rings. The highest BCUT2D eigenvalue weighted by atomic mass is 16.5. The molecule has 1 saturated heterocycles. The van der Waals surface area contributed by atoms with Crippen LogP contribution in [0.4, 0.5) is 0 Å². The molecule has 0 spiro atoms. The standard InChI is InChI=1S/C33H46N2O6/c1-6-10-21-40-26-16-13-24(14-17-26)31(36)29-30(25-15-18-27(28(23-25)39-5)41-22-11-7-2)35(33(38)32(29)37)20-12-19-34(8-3)9-4/h13-18,23,30,36H,6-12,19-22H2,1-5H3/t30-/m1/s1. The number of nitrogens with zero attached hydrogens (tertiary/aromatic N) is 2. The maximum Gasteiger partial charge on any atom is 0.295 e. The number of hydrogen-bond acceptors (Lipinski definition) is 7. The lowest BCUT2D eigenvalue weighted by Crippen LogP contribution is -2.33. The van der Waals surface area contributed by atoms with Crippen molar-refractivity contribution in [3.63, 3.8) is 0 Å². The highest BCUT2D eigenvalue weighted by molar-refractivity contribution is 6.46. The van der Waals surface area contributed by atoms with Crippen LogP contribution in [0.2, 0.25) is 0 Å². The summed E-state index contributed by atoms with van der Waals surface area (Å²) < 4.78 is 17.3. The van der Waals surface area contributed by atoms with Gasteiger partial charge in [-0.1, -0.05) is 46.6 Å². The van der Waals surface area contributed by atoms with Gasteiger partial charge >= 0.3 is 0 Å².